The summed E-state index contributed by atoms with van der Waals surface area (Å²) in [6.45, 7) is 0. The summed E-state index contributed by atoms with van der Waals surface area (Å²) in [4.78, 5) is 26.3. The van der Waals surface area contributed by atoms with E-state index < -0.39 is 5.97 Å². The van der Waals surface area contributed by atoms with E-state index in [0.717, 1.165) is 4.47 Å². The molecule has 1 aromatic carbocycles. The van der Waals surface area contributed by atoms with E-state index in [1.54, 1.807) is 18.2 Å². The molecule has 5 nitrogen and oxygen atoms in total. The molecule has 0 bridgehead atoms. The number of pyridine rings is 1. The third-order valence-corrected chi connectivity index (χ3v) is 2.82. The van der Waals surface area contributed by atoms with Crippen LogP contribution in [0.2, 0.25) is 0 Å². The van der Waals surface area contributed by atoms with Gasteiger partial charge in [-0.05, 0) is 30.3 Å². The number of rotatable bonds is 3. The highest BCUT2D eigenvalue weighted by atomic mass is 79.9. The number of hydrogen-bond donors (Lipinski definition) is 2. The molecule has 1 heterocycles. The summed E-state index contributed by atoms with van der Waals surface area (Å²) >= 11 is 3.28. The van der Waals surface area contributed by atoms with Crippen molar-refractivity contribution in [3.05, 3.63) is 58.3 Å². The van der Waals surface area contributed by atoms with Crippen molar-refractivity contribution in [1.29, 1.82) is 0 Å². The van der Waals surface area contributed by atoms with E-state index in [0.29, 0.717) is 11.3 Å². The molecule has 0 spiro atoms. The normalized spacial score (nSPS) is 9.95. The zero-order valence-electron chi connectivity index (χ0n) is 9.63. The van der Waals surface area contributed by atoms with Gasteiger partial charge in [-0.2, -0.15) is 0 Å². The van der Waals surface area contributed by atoms with E-state index in [2.05, 4.69) is 26.2 Å². The molecule has 2 aromatic rings. The number of carboxylic acids is 1. The number of carbonyl (C=O) groups excluding carboxylic acids is 1. The number of amides is 1. The van der Waals surface area contributed by atoms with Crippen LogP contribution in [0.1, 0.15) is 20.8 Å². The molecule has 2 rings (SSSR count). The summed E-state index contributed by atoms with van der Waals surface area (Å²) in [5.74, 6) is -1.39. The van der Waals surface area contributed by atoms with Crippen molar-refractivity contribution in [2.45, 2.75) is 0 Å². The lowest BCUT2D eigenvalue weighted by Gasteiger charge is -2.05. The van der Waals surface area contributed by atoms with E-state index in [1.165, 1.54) is 18.3 Å². The van der Waals surface area contributed by atoms with E-state index in [4.69, 9.17) is 5.11 Å². The van der Waals surface area contributed by atoms with Gasteiger partial charge in [-0.3, -0.25) is 4.79 Å². The third-order valence-electron chi connectivity index (χ3n) is 2.33. The number of aromatic nitrogens is 1. The average Bonchev–Trinajstić information content (AvgIpc) is 2.39. The smallest absolute Gasteiger partial charge is 0.354 e. The molecule has 0 fully saturated rings. The minimum Gasteiger partial charge on any atom is -0.477 e. The van der Waals surface area contributed by atoms with Gasteiger partial charge in [0.2, 0.25) is 0 Å². The quantitative estimate of drug-likeness (QED) is 0.911. The first kappa shape index (κ1) is 13.2. The monoisotopic (exact) mass is 320 g/mol. The fourth-order valence-corrected chi connectivity index (χ4v) is 1.83. The summed E-state index contributed by atoms with van der Waals surface area (Å²) in [6.07, 6.45) is 1.30. The number of aromatic carboxylic acids is 1. The van der Waals surface area contributed by atoms with Crippen molar-refractivity contribution in [1.82, 2.24) is 4.98 Å². The Morgan fingerprint density at radius 2 is 2.00 bits per heavy atom. The fourth-order valence-electron chi connectivity index (χ4n) is 1.43. The van der Waals surface area contributed by atoms with Gasteiger partial charge in [-0.15, -0.1) is 0 Å². The molecule has 96 valence electrons. The summed E-state index contributed by atoms with van der Waals surface area (Å²) in [5, 5.41) is 11.3. The van der Waals surface area contributed by atoms with Gasteiger partial charge in [0, 0.05) is 10.0 Å². The lowest BCUT2D eigenvalue weighted by Crippen LogP contribution is -2.12. The SMILES string of the molecule is O=C(Nc1ccc(C(=O)O)nc1)c1cccc(Br)c1. The van der Waals surface area contributed by atoms with Crippen LogP contribution in [0.15, 0.2) is 47.1 Å². The van der Waals surface area contributed by atoms with Crippen molar-refractivity contribution >= 4 is 33.5 Å². The van der Waals surface area contributed by atoms with Crippen LogP contribution >= 0.6 is 15.9 Å². The number of hydrogen-bond acceptors (Lipinski definition) is 3. The predicted octanol–water partition coefficient (Wildman–Crippen LogP) is 2.79. The maximum Gasteiger partial charge on any atom is 0.354 e. The molecule has 0 aliphatic carbocycles. The molecule has 0 atom stereocenters. The Balaban J connectivity index is 2.13. The number of nitrogens with one attached hydrogen (secondary N) is 1. The van der Waals surface area contributed by atoms with Crippen LogP contribution in [0.5, 0.6) is 0 Å². The van der Waals surface area contributed by atoms with Crippen LogP contribution in [-0.4, -0.2) is 22.0 Å². The maximum atomic E-state index is 11.9. The molecular formula is C13H9BrN2O3. The van der Waals surface area contributed by atoms with Gasteiger partial charge in [0.25, 0.3) is 5.91 Å². The Kier molecular flexibility index (Phi) is 3.91. The average molecular weight is 321 g/mol. The molecule has 0 radical (unpaired) electrons. The number of carboxylic acid groups (broad SMARTS) is 1. The topological polar surface area (TPSA) is 79.3 Å². The second-order valence-electron chi connectivity index (χ2n) is 3.70. The van der Waals surface area contributed by atoms with Crippen molar-refractivity contribution in [2.75, 3.05) is 5.32 Å². The molecule has 0 saturated carbocycles. The molecular weight excluding hydrogens is 312 g/mol. The van der Waals surface area contributed by atoms with Gasteiger partial charge in [-0.25, -0.2) is 9.78 Å². The largest absolute Gasteiger partial charge is 0.477 e. The van der Waals surface area contributed by atoms with E-state index in [-0.39, 0.29) is 11.6 Å². The number of nitrogens with zero attached hydrogens (tertiary/aromatic N) is 1. The van der Waals surface area contributed by atoms with Gasteiger partial charge < -0.3 is 10.4 Å². The standard InChI is InChI=1S/C13H9BrN2O3/c14-9-3-1-2-8(6-9)12(17)16-10-4-5-11(13(18)19)15-7-10/h1-7H,(H,16,17)(H,18,19). The van der Waals surface area contributed by atoms with Crippen LogP contribution in [0, 0.1) is 0 Å². The van der Waals surface area contributed by atoms with E-state index in [1.807, 2.05) is 6.07 Å². The minimum atomic E-state index is -1.11. The number of anilines is 1. The zero-order chi connectivity index (χ0) is 13.8. The highest BCUT2D eigenvalue weighted by molar-refractivity contribution is 9.10. The summed E-state index contributed by atoms with van der Waals surface area (Å²) in [5.41, 5.74) is 0.868. The Bertz CT molecular complexity index is 626. The van der Waals surface area contributed by atoms with Gasteiger partial charge in [0.05, 0.1) is 11.9 Å². The number of benzene rings is 1. The fraction of sp³-hybridized carbons (Fsp3) is 0. The van der Waals surface area contributed by atoms with E-state index >= 15 is 0 Å². The molecule has 6 heteroatoms. The Morgan fingerprint density at radius 1 is 1.21 bits per heavy atom. The molecule has 1 aromatic heterocycles. The molecule has 0 unspecified atom stereocenters. The van der Waals surface area contributed by atoms with Gasteiger partial charge in [0.15, 0.2) is 0 Å². The molecule has 19 heavy (non-hydrogen) atoms. The first-order chi connectivity index (χ1) is 9.06. The Labute approximate surface area is 117 Å². The lowest BCUT2D eigenvalue weighted by molar-refractivity contribution is 0.0690. The van der Waals surface area contributed by atoms with Gasteiger partial charge in [-0.1, -0.05) is 22.0 Å². The Hall–Kier alpha value is -2.21. The third kappa shape index (κ3) is 3.38. The van der Waals surface area contributed by atoms with Crippen LogP contribution in [-0.2, 0) is 0 Å². The second-order valence-corrected chi connectivity index (χ2v) is 4.62. The van der Waals surface area contributed by atoms with Crippen LogP contribution in [0.25, 0.3) is 0 Å². The zero-order valence-corrected chi connectivity index (χ0v) is 11.2. The Morgan fingerprint density at radius 3 is 2.58 bits per heavy atom. The molecule has 0 saturated heterocycles. The van der Waals surface area contributed by atoms with Gasteiger partial charge >= 0.3 is 5.97 Å². The molecule has 0 aliphatic heterocycles. The van der Waals surface area contributed by atoms with Gasteiger partial charge in [0.1, 0.15) is 5.69 Å². The van der Waals surface area contributed by atoms with Crippen molar-refractivity contribution in [3.8, 4) is 0 Å². The van der Waals surface area contributed by atoms with Crippen LogP contribution in [0.4, 0.5) is 5.69 Å². The highest BCUT2D eigenvalue weighted by Gasteiger charge is 2.08. The summed E-state index contributed by atoms with van der Waals surface area (Å²) in [7, 11) is 0. The first-order valence-corrected chi connectivity index (χ1v) is 6.12. The van der Waals surface area contributed by atoms with Crippen molar-refractivity contribution in [2.24, 2.45) is 0 Å². The van der Waals surface area contributed by atoms with Crippen molar-refractivity contribution < 1.29 is 14.7 Å². The summed E-state index contributed by atoms with van der Waals surface area (Å²) in [6, 6.07) is 9.77. The molecule has 1 amide bonds. The van der Waals surface area contributed by atoms with Crippen LogP contribution in [0.3, 0.4) is 0 Å². The number of halogens is 1. The minimum absolute atomic E-state index is 0.0690. The number of carbonyl (C=O) groups is 2. The highest BCUT2D eigenvalue weighted by Crippen LogP contribution is 2.14. The van der Waals surface area contributed by atoms with Crippen molar-refractivity contribution in [3.63, 3.8) is 0 Å². The molecule has 0 aliphatic rings. The maximum absolute atomic E-state index is 11.9. The summed E-state index contributed by atoms with van der Waals surface area (Å²) < 4.78 is 0.805. The van der Waals surface area contributed by atoms with Crippen LogP contribution < -0.4 is 5.32 Å². The lowest BCUT2D eigenvalue weighted by atomic mass is 10.2. The predicted molar refractivity (Wildman–Crippen MR) is 73.3 cm³/mol. The second kappa shape index (κ2) is 5.62. The molecule has 2 N–H and O–H groups in total. The first-order valence-electron chi connectivity index (χ1n) is 5.32. The van der Waals surface area contributed by atoms with E-state index in [9.17, 15) is 9.59 Å².